The van der Waals surface area contributed by atoms with Crippen LogP contribution in [-0.2, 0) is 6.54 Å². The summed E-state index contributed by atoms with van der Waals surface area (Å²) in [5.74, 6) is 0.659. The zero-order valence-corrected chi connectivity index (χ0v) is 15.7. The molecule has 0 aliphatic carbocycles. The summed E-state index contributed by atoms with van der Waals surface area (Å²) >= 11 is 3.39. The van der Waals surface area contributed by atoms with E-state index in [0.29, 0.717) is 5.92 Å². The first-order valence-electron chi connectivity index (χ1n) is 8.41. The molecule has 1 N–H and O–H groups in total. The molecule has 1 aromatic heterocycles. The van der Waals surface area contributed by atoms with Crippen LogP contribution in [0.2, 0.25) is 0 Å². The highest BCUT2D eigenvalue weighted by Gasteiger charge is 2.20. The number of nitrogens with one attached hydrogen (secondary N) is 1. The molecular weight excluding hydrogens is 336 g/mol. The number of hydrogen-bond acceptors (Lipinski definition) is 4. The number of hydrogen-bond donors (Lipinski definition) is 1. The average Bonchev–Trinajstić information content (AvgIpc) is 3.16. The van der Waals surface area contributed by atoms with E-state index in [1.54, 1.807) is 11.3 Å². The molecular formula is C19H24N2OS2. The van der Waals surface area contributed by atoms with E-state index in [9.17, 15) is 4.79 Å². The summed E-state index contributed by atoms with van der Waals surface area (Å²) in [5, 5.41) is 6.93. The number of amides is 1. The molecule has 5 heteroatoms. The van der Waals surface area contributed by atoms with Gasteiger partial charge in [0.2, 0.25) is 0 Å². The molecule has 128 valence electrons. The van der Waals surface area contributed by atoms with Crippen molar-refractivity contribution in [1.82, 2.24) is 10.2 Å². The number of thiophene rings is 1. The number of likely N-dealkylation sites (tertiary alicyclic amines) is 1. The zero-order chi connectivity index (χ0) is 16.8. The van der Waals surface area contributed by atoms with E-state index in [-0.39, 0.29) is 5.91 Å². The van der Waals surface area contributed by atoms with Gasteiger partial charge in [-0.1, -0.05) is 18.2 Å². The Balaban J connectivity index is 1.43. The van der Waals surface area contributed by atoms with Gasteiger partial charge in [0, 0.05) is 28.9 Å². The number of benzene rings is 1. The minimum absolute atomic E-state index is 0.0626. The number of carbonyl (C=O) groups is 1. The summed E-state index contributed by atoms with van der Waals surface area (Å²) in [6.07, 6.45) is 4.46. The van der Waals surface area contributed by atoms with Crippen molar-refractivity contribution in [3.63, 3.8) is 0 Å². The molecule has 0 saturated carbocycles. The van der Waals surface area contributed by atoms with Gasteiger partial charge < -0.3 is 5.32 Å². The largest absolute Gasteiger partial charge is 0.352 e. The van der Waals surface area contributed by atoms with Crippen LogP contribution in [0.15, 0.2) is 46.0 Å². The maximum atomic E-state index is 12.0. The Bertz CT molecular complexity index is 649. The Hall–Kier alpha value is -1.30. The monoisotopic (exact) mass is 360 g/mol. The van der Waals surface area contributed by atoms with Crippen LogP contribution in [0.4, 0.5) is 0 Å². The molecule has 0 spiro atoms. The molecule has 2 heterocycles. The van der Waals surface area contributed by atoms with Crippen molar-refractivity contribution < 1.29 is 4.79 Å². The zero-order valence-electron chi connectivity index (χ0n) is 14.0. The minimum Gasteiger partial charge on any atom is -0.352 e. The first-order chi connectivity index (χ1) is 11.8. The summed E-state index contributed by atoms with van der Waals surface area (Å²) in [6.45, 7) is 4.05. The molecule has 1 amide bonds. The fraction of sp³-hybridized carbons (Fsp3) is 0.421. The molecule has 0 bridgehead atoms. The van der Waals surface area contributed by atoms with Crippen molar-refractivity contribution in [1.29, 1.82) is 0 Å². The lowest BCUT2D eigenvalue weighted by atomic mass is 9.96. The van der Waals surface area contributed by atoms with E-state index in [2.05, 4.69) is 40.7 Å². The van der Waals surface area contributed by atoms with E-state index >= 15 is 0 Å². The Morgan fingerprint density at radius 2 is 2.08 bits per heavy atom. The molecule has 1 aliphatic rings. The van der Waals surface area contributed by atoms with E-state index in [4.69, 9.17) is 0 Å². The molecule has 1 aromatic carbocycles. The van der Waals surface area contributed by atoms with Gasteiger partial charge in [-0.15, -0.1) is 11.8 Å². The van der Waals surface area contributed by atoms with Gasteiger partial charge >= 0.3 is 0 Å². The van der Waals surface area contributed by atoms with Crippen molar-refractivity contribution in [3.05, 3.63) is 52.2 Å². The predicted octanol–water partition coefficient (Wildman–Crippen LogP) is 4.11. The first kappa shape index (κ1) is 17.5. The van der Waals surface area contributed by atoms with E-state index < -0.39 is 0 Å². The van der Waals surface area contributed by atoms with Crippen LogP contribution in [0.5, 0.6) is 0 Å². The maximum Gasteiger partial charge on any atom is 0.252 e. The van der Waals surface area contributed by atoms with E-state index in [0.717, 1.165) is 44.6 Å². The quantitative estimate of drug-likeness (QED) is 0.787. The lowest BCUT2D eigenvalue weighted by Crippen LogP contribution is -2.38. The summed E-state index contributed by atoms with van der Waals surface area (Å²) in [6, 6.07) is 10.6. The standard InChI is InChI=1S/C19H24N2OS2/c1-23-18-5-3-2-4-16(18)13-21-9-6-15(7-10-21)12-20-19(22)17-8-11-24-14-17/h2-5,8,11,14-15H,6-7,9-10,12-13H2,1H3,(H,20,22). The summed E-state index contributed by atoms with van der Waals surface area (Å²) in [7, 11) is 0. The molecule has 0 unspecified atom stereocenters. The number of piperidine rings is 1. The van der Waals surface area contributed by atoms with E-state index in [1.165, 1.54) is 10.5 Å². The second-order valence-corrected chi connectivity index (χ2v) is 7.88. The third-order valence-electron chi connectivity index (χ3n) is 4.63. The van der Waals surface area contributed by atoms with Gasteiger partial charge in [0.1, 0.15) is 0 Å². The van der Waals surface area contributed by atoms with Gasteiger partial charge in [0.25, 0.3) is 5.91 Å². The van der Waals surface area contributed by atoms with Crippen LogP contribution in [0.25, 0.3) is 0 Å². The smallest absolute Gasteiger partial charge is 0.252 e. The average molecular weight is 361 g/mol. The van der Waals surface area contributed by atoms with Crippen LogP contribution in [0.3, 0.4) is 0 Å². The number of nitrogens with zero attached hydrogens (tertiary/aromatic N) is 1. The normalized spacial score (nSPS) is 16.2. The molecule has 2 aromatic rings. The van der Waals surface area contributed by atoms with Gasteiger partial charge in [0.05, 0.1) is 0 Å². The fourth-order valence-electron chi connectivity index (χ4n) is 3.16. The van der Waals surface area contributed by atoms with Gasteiger partial charge in [-0.25, -0.2) is 0 Å². The Morgan fingerprint density at radius 3 is 2.79 bits per heavy atom. The van der Waals surface area contributed by atoms with Crippen molar-refractivity contribution in [2.75, 3.05) is 25.9 Å². The molecule has 1 aliphatic heterocycles. The predicted molar refractivity (Wildman–Crippen MR) is 103 cm³/mol. The van der Waals surface area contributed by atoms with E-state index in [1.807, 2.05) is 28.6 Å². The highest BCUT2D eigenvalue weighted by atomic mass is 32.2. The molecule has 3 rings (SSSR count). The molecule has 0 radical (unpaired) electrons. The van der Waals surface area contributed by atoms with Crippen molar-refractivity contribution in [2.45, 2.75) is 24.3 Å². The van der Waals surface area contributed by atoms with Crippen molar-refractivity contribution in [3.8, 4) is 0 Å². The van der Waals surface area contributed by atoms with Crippen LogP contribution in [-0.4, -0.2) is 36.7 Å². The lowest BCUT2D eigenvalue weighted by Gasteiger charge is -2.32. The van der Waals surface area contributed by atoms with Crippen LogP contribution in [0, 0.1) is 5.92 Å². The maximum absolute atomic E-state index is 12.0. The Morgan fingerprint density at radius 1 is 1.29 bits per heavy atom. The Kier molecular flexibility index (Phi) is 6.35. The first-order valence-corrected chi connectivity index (χ1v) is 10.6. The van der Waals surface area contributed by atoms with Crippen molar-refractivity contribution in [2.24, 2.45) is 5.92 Å². The summed E-state index contributed by atoms with van der Waals surface area (Å²) in [5.41, 5.74) is 2.21. The van der Waals surface area contributed by atoms with Gasteiger partial charge in [0.15, 0.2) is 0 Å². The minimum atomic E-state index is 0.0626. The third kappa shape index (κ3) is 4.62. The van der Waals surface area contributed by atoms with Gasteiger partial charge in [-0.2, -0.15) is 11.3 Å². The number of rotatable bonds is 6. The second kappa shape index (κ2) is 8.70. The lowest BCUT2D eigenvalue weighted by molar-refractivity contribution is 0.0935. The molecule has 0 atom stereocenters. The molecule has 24 heavy (non-hydrogen) atoms. The van der Waals surface area contributed by atoms with Gasteiger partial charge in [-0.05, 0) is 61.2 Å². The van der Waals surface area contributed by atoms with Crippen LogP contribution < -0.4 is 5.32 Å². The highest BCUT2D eigenvalue weighted by molar-refractivity contribution is 7.98. The molecule has 1 fully saturated rings. The summed E-state index contributed by atoms with van der Waals surface area (Å²) in [4.78, 5) is 15.9. The third-order valence-corrected chi connectivity index (χ3v) is 6.15. The number of thioether (sulfide) groups is 1. The SMILES string of the molecule is CSc1ccccc1CN1CCC(CNC(=O)c2ccsc2)CC1. The highest BCUT2D eigenvalue weighted by Crippen LogP contribution is 2.24. The fourth-order valence-corrected chi connectivity index (χ4v) is 4.40. The van der Waals surface area contributed by atoms with Crippen LogP contribution in [0.1, 0.15) is 28.8 Å². The van der Waals surface area contributed by atoms with Gasteiger partial charge in [-0.3, -0.25) is 9.69 Å². The summed E-state index contributed by atoms with van der Waals surface area (Å²) < 4.78 is 0. The molecule has 1 saturated heterocycles. The van der Waals surface area contributed by atoms with Crippen molar-refractivity contribution >= 4 is 29.0 Å². The second-order valence-electron chi connectivity index (χ2n) is 6.25. The molecule has 3 nitrogen and oxygen atoms in total. The number of carbonyl (C=O) groups excluding carboxylic acids is 1. The topological polar surface area (TPSA) is 32.3 Å². The van der Waals surface area contributed by atoms with Crippen LogP contribution >= 0.6 is 23.1 Å². The Labute approximate surface area is 152 Å².